The molecular weight excluding hydrogens is 532 g/mol. The molecule has 2 unspecified atom stereocenters. The van der Waals surface area contributed by atoms with Crippen molar-refractivity contribution in [3.63, 3.8) is 0 Å². The number of fused-ring (bicyclic) bond motifs is 1. The molecule has 0 saturated carbocycles. The van der Waals surface area contributed by atoms with E-state index in [2.05, 4.69) is 6.92 Å². The van der Waals surface area contributed by atoms with Gasteiger partial charge in [0, 0.05) is 12.2 Å². The quantitative estimate of drug-likeness (QED) is 0.145. The number of hydrazine groups is 1. The van der Waals surface area contributed by atoms with Gasteiger partial charge in [0.1, 0.15) is 0 Å². The van der Waals surface area contributed by atoms with Gasteiger partial charge in [-0.2, -0.15) is 0 Å². The second-order valence-corrected chi connectivity index (χ2v) is 12.4. The predicted octanol–water partition coefficient (Wildman–Crippen LogP) is 9.96. The number of hydrogen-bond donors (Lipinski definition) is 0. The maximum atomic E-state index is 14.1. The lowest BCUT2D eigenvalue weighted by Crippen LogP contribution is -2.61. The largest absolute Gasteiger partial charge is 0.377 e. The van der Waals surface area contributed by atoms with Crippen LogP contribution in [-0.4, -0.2) is 24.5 Å². The molecule has 1 saturated heterocycles. The van der Waals surface area contributed by atoms with Gasteiger partial charge < -0.3 is 4.74 Å². The van der Waals surface area contributed by atoms with Crippen molar-refractivity contribution in [1.29, 1.82) is 0 Å². The fraction of sp³-hybridized carbons (Fsp3) is 0.579. The number of benzene rings is 2. The molecular formula is C38H54N2O3. The molecule has 0 spiro atoms. The third-order valence-electron chi connectivity index (χ3n) is 8.97. The molecule has 0 aromatic heterocycles. The van der Waals surface area contributed by atoms with Crippen LogP contribution in [0, 0.1) is 5.92 Å². The summed E-state index contributed by atoms with van der Waals surface area (Å²) in [4.78, 5) is 28.0. The van der Waals surface area contributed by atoms with Gasteiger partial charge in [-0.25, -0.2) is 10.0 Å². The second-order valence-electron chi connectivity index (χ2n) is 12.4. The molecule has 2 aromatic carbocycles. The summed E-state index contributed by atoms with van der Waals surface area (Å²) >= 11 is 0. The molecule has 43 heavy (non-hydrogen) atoms. The van der Waals surface area contributed by atoms with E-state index in [1.54, 1.807) is 5.01 Å². The number of carbonyl (C=O) groups is 2. The SMILES string of the molecule is CCCCCCCCCCCCCCCCCCOC1CCC=C2C(=O)N(c3ccccc3)N(c3ccccc3)C(=O)C21. The normalized spacial score (nSPS) is 18.6. The van der Waals surface area contributed by atoms with E-state index >= 15 is 0 Å². The van der Waals surface area contributed by atoms with Gasteiger partial charge in [0.2, 0.25) is 0 Å². The zero-order valence-corrected chi connectivity index (χ0v) is 26.6. The molecule has 0 bridgehead atoms. The van der Waals surface area contributed by atoms with Crippen LogP contribution in [-0.2, 0) is 14.3 Å². The van der Waals surface area contributed by atoms with Crippen molar-refractivity contribution >= 4 is 23.2 Å². The lowest BCUT2D eigenvalue weighted by molar-refractivity contribution is -0.133. The molecule has 5 heteroatoms. The minimum atomic E-state index is -0.567. The maximum Gasteiger partial charge on any atom is 0.274 e. The lowest BCUT2D eigenvalue weighted by Gasteiger charge is -2.45. The summed E-state index contributed by atoms with van der Waals surface area (Å²) in [5.74, 6) is -0.810. The van der Waals surface area contributed by atoms with Gasteiger partial charge in [0.15, 0.2) is 0 Å². The highest BCUT2D eigenvalue weighted by molar-refractivity contribution is 6.20. The van der Waals surface area contributed by atoms with Crippen molar-refractivity contribution in [2.75, 3.05) is 16.6 Å². The Bertz CT molecular complexity index is 1120. The summed E-state index contributed by atoms with van der Waals surface area (Å²) in [6, 6.07) is 18.9. The van der Waals surface area contributed by atoms with E-state index < -0.39 is 5.92 Å². The standard InChI is InChI=1S/C38H54N2O3/c1-2-3-4-5-6-7-8-9-10-11-12-13-14-15-16-23-31-43-35-30-24-29-34-36(35)38(42)40(33-27-21-18-22-28-33)39(37(34)41)32-25-19-17-20-26-32/h17-22,25-29,35-36H,2-16,23-24,30-31H2,1H3. The third-order valence-corrected chi connectivity index (χ3v) is 8.97. The number of allylic oxidation sites excluding steroid dienone is 1. The Morgan fingerprint density at radius 3 is 1.60 bits per heavy atom. The molecule has 2 amide bonds. The molecule has 2 aliphatic rings. The zero-order valence-electron chi connectivity index (χ0n) is 26.6. The summed E-state index contributed by atoms with van der Waals surface area (Å²) in [6.45, 7) is 2.92. The van der Waals surface area contributed by atoms with Crippen LogP contribution in [0.3, 0.4) is 0 Å². The van der Waals surface area contributed by atoms with Crippen LogP contribution in [0.1, 0.15) is 122 Å². The number of nitrogens with zero attached hydrogens (tertiary/aromatic N) is 2. The van der Waals surface area contributed by atoms with Crippen molar-refractivity contribution in [2.45, 2.75) is 129 Å². The Morgan fingerprint density at radius 2 is 1.09 bits per heavy atom. The first-order valence-corrected chi connectivity index (χ1v) is 17.3. The minimum Gasteiger partial charge on any atom is -0.377 e. The van der Waals surface area contributed by atoms with Gasteiger partial charge in [-0.1, -0.05) is 146 Å². The Labute approximate surface area is 260 Å². The first-order valence-electron chi connectivity index (χ1n) is 17.3. The fourth-order valence-electron chi connectivity index (χ4n) is 6.53. The van der Waals surface area contributed by atoms with Gasteiger partial charge in [0.25, 0.3) is 11.8 Å². The van der Waals surface area contributed by atoms with Crippen molar-refractivity contribution in [3.8, 4) is 0 Å². The average Bonchev–Trinajstić information content (AvgIpc) is 3.04. The van der Waals surface area contributed by atoms with Crippen LogP contribution >= 0.6 is 0 Å². The van der Waals surface area contributed by atoms with E-state index in [-0.39, 0.29) is 17.9 Å². The highest BCUT2D eigenvalue weighted by atomic mass is 16.5. The van der Waals surface area contributed by atoms with E-state index in [1.165, 1.54) is 94.9 Å². The van der Waals surface area contributed by atoms with Gasteiger partial charge >= 0.3 is 0 Å². The number of para-hydroxylation sites is 2. The molecule has 2 atom stereocenters. The molecule has 5 nitrogen and oxygen atoms in total. The fourth-order valence-corrected chi connectivity index (χ4v) is 6.53. The number of anilines is 2. The molecule has 1 fully saturated rings. The van der Waals surface area contributed by atoms with Crippen molar-refractivity contribution in [1.82, 2.24) is 0 Å². The Kier molecular flexibility index (Phi) is 14.3. The van der Waals surface area contributed by atoms with Crippen LogP contribution in [0.15, 0.2) is 72.3 Å². The predicted molar refractivity (Wildman–Crippen MR) is 178 cm³/mol. The summed E-state index contributed by atoms with van der Waals surface area (Å²) in [5.41, 5.74) is 1.94. The molecule has 1 aliphatic carbocycles. The van der Waals surface area contributed by atoms with Crippen molar-refractivity contribution in [3.05, 3.63) is 72.3 Å². The van der Waals surface area contributed by atoms with E-state index in [0.29, 0.717) is 23.6 Å². The molecule has 2 aromatic rings. The van der Waals surface area contributed by atoms with Gasteiger partial charge in [-0.15, -0.1) is 0 Å². The number of carbonyl (C=O) groups excluding carboxylic acids is 2. The molecule has 1 aliphatic heterocycles. The Morgan fingerprint density at radius 1 is 0.628 bits per heavy atom. The number of rotatable bonds is 20. The first-order chi connectivity index (χ1) is 21.2. The number of amides is 2. The smallest absolute Gasteiger partial charge is 0.274 e. The lowest BCUT2D eigenvalue weighted by atomic mass is 9.82. The second kappa shape index (κ2) is 18.7. The zero-order chi connectivity index (χ0) is 30.1. The van der Waals surface area contributed by atoms with E-state index in [0.717, 1.165) is 25.7 Å². The first kappa shape index (κ1) is 33.0. The van der Waals surface area contributed by atoms with Crippen LogP contribution in [0.2, 0.25) is 0 Å². The summed E-state index contributed by atoms with van der Waals surface area (Å²) in [6.07, 6.45) is 24.6. The van der Waals surface area contributed by atoms with Crippen molar-refractivity contribution in [2.24, 2.45) is 5.92 Å². The molecule has 0 N–H and O–H groups in total. The minimum absolute atomic E-state index is 0.0995. The number of hydrogen-bond acceptors (Lipinski definition) is 3. The van der Waals surface area contributed by atoms with Crippen LogP contribution in [0.4, 0.5) is 11.4 Å². The highest BCUT2D eigenvalue weighted by Gasteiger charge is 2.49. The average molecular weight is 587 g/mol. The molecule has 234 valence electrons. The number of ether oxygens (including phenoxy) is 1. The Hall–Kier alpha value is -2.92. The summed E-state index contributed by atoms with van der Waals surface area (Å²) < 4.78 is 6.36. The van der Waals surface area contributed by atoms with Crippen LogP contribution in [0.25, 0.3) is 0 Å². The van der Waals surface area contributed by atoms with Gasteiger partial charge in [0.05, 0.1) is 23.4 Å². The highest BCUT2D eigenvalue weighted by Crippen LogP contribution is 2.39. The van der Waals surface area contributed by atoms with E-state index in [1.807, 2.05) is 66.7 Å². The molecule has 4 rings (SSSR count). The van der Waals surface area contributed by atoms with E-state index in [4.69, 9.17) is 4.74 Å². The monoisotopic (exact) mass is 586 g/mol. The van der Waals surface area contributed by atoms with Crippen LogP contribution < -0.4 is 10.0 Å². The summed E-state index contributed by atoms with van der Waals surface area (Å²) in [5, 5.41) is 3.08. The Balaban J connectivity index is 1.17. The van der Waals surface area contributed by atoms with Crippen molar-refractivity contribution < 1.29 is 14.3 Å². The van der Waals surface area contributed by atoms with Gasteiger partial charge in [-0.05, 0) is 43.5 Å². The molecule has 0 radical (unpaired) electrons. The molecule has 1 heterocycles. The maximum absolute atomic E-state index is 14.1. The third kappa shape index (κ3) is 9.79. The number of unbranched alkanes of at least 4 members (excludes halogenated alkanes) is 15. The van der Waals surface area contributed by atoms with E-state index in [9.17, 15) is 9.59 Å². The van der Waals surface area contributed by atoms with Crippen LogP contribution in [0.5, 0.6) is 0 Å². The summed E-state index contributed by atoms with van der Waals surface area (Å²) in [7, 11) is 0. The topological polar surface area (TPSA) is 49.9 Å². The van der Waals surface area contributed by atoms with Gasteiger partial charge in [-0.3, -0.25) is 9.59 Å².